The Morgan fingerprint density at radius 2 is 1.75 bits per heavy atom. The zero-order valence-corrected chi connectivity index (χ0v) is 14.2. The molecule has 4 unspecified atom stereocenters. The van der Waals surface area contributed by atoms with Gasteiger partial charge in [0.05, 0.1) is 18.4 Å². The van der Waals surface area contributed by atoms with E-state index in [1.165, 1.54) is 4.90 Å². The number of hydrogen-bond acceptors (Lipinski definition) is 3. The standard InChI is InChI=1S/C18H26N4O2/c1-11-4-7-21(8-5-11)18(19)20-6-9-22-16(23)14-12-2-3-13(10-12)15(14)17(22)24/h2-3,11-15H,4-10H2,1H3,(H2,19,20). The fourth-order valence-electron chi connectivity index (χ4n) is 4.79. The van der Waals surface area contributed by atoms with Gasteiger partial charge in [-0.15, -0.1) is 0 Å². The Morgan fingerprint density at radius 1 is 1.17 bits per heavy atom. The van der Waals surface area contributed by atoms with Crippen LogP contribution in [-0.2, 0) is 9.59 Å². The first-order valence-corrected chi connectivity index (χ1v) is 9.14. The Balaban J connectivity index is 1.34. The van der Waals surface area contributed by atoms with E-state index in [0.717, 1.165) is 38.3 Å². The Labute approximate surface area is 142 Å². The number of likely N-dealkylation sites (tertiary alicyclic amines) is 2. The highest BCUT2D eigenvalue weighted by molar-refractivity contribution is 6.06. The first kappa shape index (κ1) is 15.7. The summed E-state index contributed by atoms with van der Waals surface area (Å²) in [7, 11) is 0. The summed E-state index contributed by atoms with van der Waals surface area (Å²) in [5, 5.41) is 0. The fourth-order valence-corrected chi connectivity index (χ4v) is 4.79. The normalized spacial score (nSPS) is 36.1. The molecule has 0 aromatic heterocycles. The van der Waals surface area contributed by atoms with Crippen LogP contribution in [0.25, 0.3) is 0 Å². The third-order valence-corrected chi connectivity index (χ3v) is 6.27. The number of nitrogens with zero attached hydrogens (tertiary/aromatic N) is 3. The van der Waals surface area contributed by atoms with Gasteiger partial charge in [-0.25, -0.2) is 0 Å². The maximum absolute atomic E-state index is 12.6. The molecule has 0 spiro atoms. The van der Waals surface area contributed by atoms with Gasteiger partial charge in [0, 0.05) is 19.6 Å². The van der Waals surface area contributed by atoms with Gasteiger partial charge in [0.15, 0.2) is 5.96 Å². The molecule has 0 aromatic carbocycles. The van der Waals surface area contributed by atoms with Crippen LogP contribution < -0.4 is 5.73 Å². The Morgan fingerprint density at radius 3 is 2.33 bits per heavy atom. The second-order valence-corrected chi connectivity index (χ2v) is 7.74. The fraction of sp³-hybridized carbons (Fsp3) is 0.722. The molecule has 2 amide bonds. The number of aliphatic imine (C=N–C) groups is 1. The highest BCUT2D eigenvalue weighted by Crippen LogP contribution is 2.52. The lowest BCUT2D eigenvalue weighted by molar-refractivity contribution is -0.140. The van der Waals surface area contributed by atoms with Crippen molar-refractivity contribution >= 4 is 17.8 Å². The molecule has 2 aliphatic heterocycles. The van der Waals surface area contributed by atoms with Crippen LogP contribution in [-0.4, -0.2) is 53.8 Å². The van der Waals surface area contributed by atoms with Crippen LogP contribution >= 0.6 is 0 Å². The highest BCUT2D eigenvalue weighted by atomic mass is 16.2. The van der Waals surface area contributed by atoms with E-state index < -0.39 is 0 Å². The summed E-state index contributed by atoms with van der Waals surface area (Å²) in [4.78, 5) is 33.1. The van der Waals surface area contributed by atoms with Crippen molar-refractivity contribution in [3.8, 4) is 0 Å². The largest absolute Gasteiger partial charge is 0.370 e. The number of guanidine groups is 1. The molecule has 0 aromatic rings. The van der Waals surface area contributed by atoms with Crippen molar-refractivity contribution in [3.63, 3.8) is 0 Å². The van der Waals surface area contributed by atoms with Crippen molar-refractivity contribution in [1.82, 2.24) is 9.80 Å². The molecule has 3 fully saturated rings. The number of piperidine rings is 1. The summed E-state index contributed by atoms with van der Waals surface area (Å²) in [6.45, 7) is 4.90. The molecule has 2 N–H and O–H groups in total. The molecule has 2 saturated heterocycles. The zero-order valence-electron chi connectivity index (χ0n) is 14.2. The summed E-state index contributed by atoms with van der Waals surface area (Å²) >= 11 is 0. The summed E-state index contributed by atoms with van der Waals surface area (Å²) < 4.78 is 0. The third kappa shape index (κ3) is 2.43. The van der Waals surface area contributed by atoms with Crippen LogP contribution in [0.3, 0.4) is 0 Å². The van der Waals surface area contributed by atoms with Crippen molar-refractivity contribution in [2.75, 3.05) is 26.2 Å². The van der Waals surface area contributed by atoms with Crippen molar-refractivity contribution in [3.05, 3.63) is 12.2 Å². The lowest BCUT2D eigenvalue weighted by Crippen LogP contribution is -2.43. The molecule has 2 aliphatic carbocycles. The molecule has 2 bridgehead atoms. The number of allylic oxidation sites excluding steroid dienone is 2. The summed E-state index contributed by atoms with van der Waals surface area (Å²) in [5.41, 5.74) is 6.07. The predicted octanol–water partition coefficient (Wildman–Crippen LogP) is 0.840. The minimum Gasteiger partial charge on any atom is -0.370 e. The van der Waals surface area contributed by atoms with Gasteiger partial charge in [0.2, 0.25) is 11.8 Å². The first-order valence-electron chi connectivity index (χ1n) is 9.14. The summed E-state index contributed by atoms with van der Waals surface area (Å²) in [5.74, 6) is 1.61. The van der Waals surface area contributed by atoms with Gasteiger partial charge in [0.1, 0.15) is 0 Å². The van der Waals surface area contributed by atoms with E-state index in [9.17, 15) is 9.59 Å². The van der Waals surface area contributed by atoms with E-state index in [2.05, 4.69) is 29.0 Å². The van der Waals surface area contributed by atoms with Gasteiger partial charge in [-0.1, -0.05) is 19.1 Å². The molecule has 2 heterocycles. The number of carbonyl (C=O) groups excluding carboxylic acids is 2. The van der Waals surface area contributed by atoms with Crippen molar-refractivity contribution < 1.29 is 9.59 Å². The number of carbonyl (C=O) groups is 2. The van der Waals surface area contributed by atoms with Crippen LogP contribution in [0.1, 0.15) is 26.2 Å². The Kier molecular flexibility index (Phi) is 3.85. The van der Waals surface area contributed by atoms with E-state index in [1.807, 2.05) is 0 Å². The summed E-state index contributed by atoms with van der Waals surface area (Å²) in [6.07, 6.45) is 7.48. The average Bonchev–Trinajstić information content (AvgIpc) is 3.24. The van der Waals surface area contributed by atoms with Gasteiger partial charge in [-0.05, 0) is 37.0 Å². The molecular formula is C18H26N4O2. The summed E-state index contributed by atoms with van der Waals surface area (Å²) in [6, 6.07) is 0. The van der Waals surface area contributed by atoms with Gasteiger partial charge in [-0.2, -0.15) is 0 Å². The minimum absolute atomic E-state index is 0.00224. The quantitative estimate of drug-likeness (QED) is 0.360. The smallest absolute Gasteiger partial charge is 0.233 e. The van der Waals surface area contributed by atoms with Gasteiger partial charge < -0.3 is 10.6 Å². The van der Waals surface area contributed by atoms with Crippen LogP contribution in [0.5, 0.6) is 0 Å². The first-order chi connectivity index (χ1) is 11.6. The highest BCUT2D eigenvalue weighted by Gasteiger charge is 2.58. The third-order valence-electron chi connectivity index (χ3n) is 6.27. The molecule has 0 radical (unpaired) electrons. The maximum atomic E-state index is 12.6. The van der Waals surface area contributed by atoms with Gasteiger partial charge >= 0.3 is 0 Å². The molecule has 24 heavy (non-hydrogen) atoms. The van der Waals surface area contributed by atoms with E-state index in [-0.39, 0.29) is 35.5 Å². The lowest BCUT2D eigenvalue weighted by Gasteiger charge is -2.31. The Bertz CT molecular complexity index is 576. The average molecular weight is 330 g/mol. The second kappa shape index (κ2) is 5.90. The molecule has 4 aliphatic rings. The topological polar surface area (TPSA) is 79.0 Å². The maximum Gasteiger partial charge on any atom is 0.233 e. The van der Waals surface area contributed by atoms with Crippen molar-refractivity contribution in [1.29, 1.82) is 0 Å². The number of nitrogens with two attached hydrogens (primary N) is 1. The van der Waals surface area contributed by atoms with Crippen molar-refractivity contribution in [2.24, 2.45) is 40.3 Å². The SMILES string of the molecule is CC1CCN(C(N)=NCCN2C(=O)C3C4C=CC(C4)C3C2=O)CC1. The number of hydrogen-bond donors (Lipinski definition) is 1. The number of rotatable bonds is 3. The number of imide groups is 1. The van der Waals surface area contributed by atoms with Crippen LogP contribution in [0.15, 0.2) is 17.1 Å². The molecule has 4 rings (SSSR count). The monoisotopic (exact) mass is 330 g/mol. The molecular weight excluding hydrogens is 304 g/mol. The number of fused-ring (bicyclic) bond motifs is 5. The van der Waals surface area contributed by atoms with E-state index in [1.54, 1.807) is 0 Å². The molecule has 6 heteroatoms. The molecule has 6 nitrogen and oxygen atoms in total. The lowest BCUT2D eigenvalue weighted by atomic mass is 9.85. The molecule has 130 valence electrons. The van der Waals surface area contributed by atoms with Gasteiger partial charge in [-0.3, -0.25) is 19.5 Å². The second-order valence-electron chi connectivity index (χ2n) is 7.74. The molecule has 1 saturated carbocycles. The number of amides is 2. The van der Waals surface area contributed by atoms with Crippen molar-refractivity contribution in [2.45, 2.75) is 26.2 Å². The minimum atomic E-state index is -0.114. The van der Waals surface area contributed by atoms with Crippen LogP contribution in [0, 0.1) is 29.6 Å². The Hall–Kier alpha value is -1.85. The van der Waals surface area contributed by atoms with E-state index in [0.29, 0.717) is 19.0 Å². The van der Waals surface area contributed by atoms with E-state index >= 15 is 0 Å². The zero-order chi connectivity index (χ0) is 16.8. The van der Waals surface area contributed by atoms with Gasteiger partial charge in [0.25, 0.3) is 0 Å². The van der Waals surface area contributed by atoms with Crippen LogP contribution in [0.2, 0.25) is 0 Å². The molecule has 4 atom stereocenters. The van der Waals surface area contributed by atoms with E-state index in [4.69, 9.17) is 5.73 Å². The predicted molar refractivity (Wildman–Crippen MR) is 90.9 cm³/mol. The van der Waals surface area contributed by atoms with Crippen LogP contribution in [0.4, 0.5) is 0 Å².